The van der Waals surface area contributed by atoms with Crippen LogP contribution in [-0.2, 0) is 9.53 Å². The van der Waals surface area contributed by atoms with Gasteiger partial charge in [-0.15, -0.1) is 0 Å². The lowest BCUT2D eigenvalue weighted by Gasteiger charge is -2.25. The van der Waals surface area contributed by atoms with E-state index in [1.165, 1.54) is 0 Å². The minimum absolute atomic E-state index is 0.0522. The molecule has 1 saturated carbocycles. The van der Waals surface area contributed by atoms with Gasteiger partial charge in [0.05, 0.1) is 12.2 Å². The van der Waals surface area contributed by atoms with Crippen molar-refractivity contribution in [2.45, 2.75) is 64.4 Å². The van der Waals surface area contributed by atoms with Crippen LogP contribution in [0.1, 0.15) is 58.3 Å². The molecule has 20 heavy (non-hydrogen) atoms. The summed E-state index contributed by atoms with van der Waals surface area (Å²) in [6.45, 7) is 3.57. The predicted octanol–water partition coefficient (Wildman–Crippen LogP) is 2.78. The summed E-state index contributed by atoms with van der Waals surface area (Å²) in [4.78, 5) is 12.5. The van der Waals surface area contributed by atoms with Gasteiger partial charge in [-0.2, -0.15) is 5.26 Å². The van der Waals surface area contributed by atoms with Gasteiger partial charge in [-0.3, -0.25) is 4.79 Å². The van der Waals surface area contributed by atoms with E-state index in [0.717, 1.165) is 45.1 Å². The third kappa shape index (κ3) is 3.32. The summed E-state index contributed by atoms with van der Waals surface area (Å²) in [6, 6.07) is 2.31. The number of rotatable bonds is 4. The van der Waals surface area contributed by atoms with Crippen molar-refractivity contribution in [3.8, 4) is 6.07 Å². The molecule has 0 aromatic rings. The molecule has 2 rings (SSSR count). The molecule has 0 aromatic heterocycles. The highest BCUT2D eigenvalue weighted by molar-refractivity contribution is 5.85. The van der Waals surface area contributed by atoms with Gasteiger partial charge in [-0.05, 0) is 25.7 Å². The second kappa shape index (κ2) is 7.08. The normalized spacial score (nSPS) is 29.4. The maximum atomic E-state index is 12.5. The Labute approximate surface area is 121 Å². The fourth-order valence-electron chi connectivity index (χ4n) is 3.49. The fraction of sp³-hybridized carbons (Fsp3) is 0.875. The Bertz CT molecular complexity index is 367. The molecule has 0 radical (unpaired) electrons. The van der Waals surface area contributed by atoms with E-state index in [-0.39, 0.29) is 12.0 Å². The van der Waals surface area contributed by atoms with Crippen molar-refractivity contribution < 1.29 is 9.53 Å². The van der Waals surface area contributed by atoms with Crippen LogP contribution in [0.5, 0.6) is 0 Å². The molecule has 1 N–H and O–H groups in total. The first-order valence-electron chi connectivity index (χ1n) is 8.03. The second-order valence-electron chi connectivity index (χ2n) is 6.18. The van der Waals surface area contributed by atoms with Gasteiger partial charge in [-0.25, -0.2) is 0 Å². The van der Waals surface area contributed by atoms with Gasteiger partial charge in [0.25, 0.3) is 0 Å². The lowest BCUT2D eigenvalue weighted by Crippen LogP contribution is -2.42. The SMILES string of the molecule is CCC1OCCC1CNC(=O)C1(C#N)CCCCCC1. The van der Waals surface area contributed by atoms with E-state index in [1.807, 2.05) is 0 Å². The number of nitrogens with one attached hydrogen (secondary N) is 1. The van der Waals surface area contributed by atoms with Crippen LogP contribution in [-0.4, -0.2) is 25.2 Å². The van der Waals surface area contributed by atoms with Crippen molar-refractivity contribution in [1.82, 2.24) is 5.32 Å². The number of nitriles is 1. The molecule has 1 aliphatic carbocycles. The van der Waals surface area contributed by atoms with Gasteiger partial charge in [0.2, 0.25) is 5.91 Å². The smallest absolute Gasteiger partial charge is 0.240 e. The largest absolute Gasteiger partial charge is 0.378 e. The highest BCUT2D eigenvalue weighted by Crippen LogP contribution is 2.35. The number of ether oxygens (including phenoxy) is 1. The third-order valence-electron chi connectivity index (χ3n) is 4.88. The van der Waals surface area contributed by atoms with Crippen LogP contribution in [0.2, 0.25) is 0 Å². The van der Waals surface area contributed by atoms with Gasteiger partial charge >= 0.3 is 0 Å². The van der Waals surface area contributed by atoms with Crippen LogP contribution in [0, 0.1) is 22.7 Å². The summed E-state index contributed by atoms with van der Waals surface area (Å²) in [5.41, 5.74) is -0.780. The molecule has 2 atom stereocenters. The molecule has 1 aliphatic heterocycles. The molecule has 1 heterocycles. The van der Waals surface area contributed by atoms with Gasteiger partial charge in [0, 0.05) is 19.1 Å². The Balaban J connectivity index is 1.91. The van der Waals surface area contributed by atoms with Crippen molar-refractivity contribution in [3.63, 3.8) is 0 Å². The number of amides is 1. The Morgan fingerprint density at radius 3 is 2.65 bits per heavy atom. The molecule has 4 nitrogen and oxygen atoms in total. The number of carbonyl (C=O) groups excluding carboxylic acids is 1. The summed E-state index contributed by atoms with van der Waals surface area (Å²) >= 11 is 0. The van der Waals surface area contributed by atoms with Crippen molar-refractivity contribution in [2.75, 3.05) is 13.2 Å². The van der Waals surface area contributed by atoms with E-state index < -0.39 is 5.41 Å². The van der Waals surface area contributed by atoms with E-state index in [4.69, 9.17) is 4.74 Å². The predicted molar refractivity (Wildman–Crippen MR) is 76.9 cm³/mol. The molecule has 2 unspecified atom stereocenters. The van der Waals surface area contributed by atoms with Gasteiger partial charge < -0.3 is 10.1 Å². The first kappa shape index (κ1) is 15.3. The fourth-order valence-corrected chi connectivity index (χ4v) is 3.49. The Hall–Kier alpha value is -1.08. The number of hydrogen-bond donors (Lipinski definition) is 1. The van der Waals surface area contributed by atoms with Crippen LogP contribution in [0.15, 0.2) is 0 Å². The zero-order chi connectivity index (χ0) is 14.4. The van der Waals surface area contributed by atoms with Crippen LogP contribution < -0.4 is 5.32 Å². The van der Waals surface area contributed by atoms with Gasteiger partial charge in [-0.1, -0.05) is 32.6 Å². The summed E-state index contributed by atoms with van der Waals surface area (Å²) in [5, 5.41) is 12.5. The number of carbonyl (C=O) groups is 1. The molecule has 112 valence electrons. The summed E-state index contributed by atoms with van der Waals surface area (Å²) in [7, 11) is 0. The van der Waals surface area contributed by atoms with Crippen LogP contribution >= 0.6 is 0 Å². The quantitative estimate of drug-likeness (QED) is 0.804. The first-order chi connectivity index (χ1) is 9.72. The van der Waals surface area contributed by atoms with Crippen molar-refractivity contribution in [1.29, 1.82) is 5.26 Å². The summed E-state index contributed by atoms with van der Waals surface area (Å²) < 4.78 is 5.65. The molecule has 0 bridgehead atoms. The summed E-state index contributed by atoms with van der Waals surface area (Å²) in [5.74, 6) is 0.356. The van der Waals surface area contributed by atoms with Crippen LogP contribution in [0.4, 0.5) is 0 Å². The average molecular weight is 278 g/mol. The van der Waals surface area contributed by atoms with Gasteiger partial charge in [0.1, 0.15) is 5.41 Å². The van der Waals surface area contributed by atoms with Crippen LogP contribution in [0.25, 0.3) is 0 Å². The number of hydrogen-bond acceptors (Lipinski definition) is 3. The molecule has 1 amide bonds. The lowest BCUT2D eigenvalue weighted by atomic mass is 9.81. The highest BCUT2D eigenvalue weighted by atomic mass is 16.5. The molecule has 2 fully saturated rings. The lowest BCUT2D eigenvalue weighted by molar-refractivity contribution is -0.129. The molecule has 1 saturated heterocycles. The second-order valence-corrected chi connectivity index (χ2v) is 6.18. The topological polar surface area (TPSA) is 62.1 Å². The zero-order valence-corrected chi connectivity index (χ0v) is 12.5. The Morgan fingerprint density at radius 2 is 2.05 bits per heavy atom. The van der Waals surface area contributed by atoms with E-state index in [2.05, 4.69) is 18.3 Å². The minimum Gasteiger partial charge on any atom is -0.378 e. The van der Waals surface area contributed by atoms with E-state index in [1.54, 1.807) is 0 Å². The maximum absolute atomic E-state index is 12.5. The van der Waals surface area contributed by atoms with E-state index in [9.17, 15) is 10.1 Å². The zero-order valence-electron chi connectivity index (χ0n) is 12.5. The molecular weight excluding hydrogens is 252 g/mol. The first-order valence-corrected chi connectivity index (χ1v) is 8.03. The minimum atomic E-state index is -0.780. The average Bonchev–Trinajstić information content (AvgIpc) is 2.79. The number of nitrogens with zero attached hydrogens (tertiary/aromatic N) is 1. The molecular formula is C16H26N2O2. The standard InChI is InChI=1S/C16H26N2O2/c1-2-14-13(7-10-20-14)11-18-15(19)16(12-17)8-5-3-4-6-9-16/h13-14H,2-11H2,1H3,(H,18,19). The van der Waals surface area contributed by atoms with Crippen LogP contribution in [0.3, 0.4) is 0 Å². The van der Waals surface area contributed by atoms with E-state index in [0.29, 0.717) is 25.3 Å². The maximum Gasteiger partial charge on any atom is 0.240 e. The van der Waals surface area contributed by atoms with E-state index >= 15 is 0 Å². The molecule has 0 spiro atoms. The van der Waals surface area contributed by atoms with Gasteiger partial charge in [0.15, 0.2) is 0 Å². The monoisotopic (exact) mass is 278 g/mol. The molecule has 4 heteroatoms. The Kier molecular flexibility index (Phi) is 5.42. The summed E-state index contributed by atoms with van der Waals surface area (Å²) in [6.07, 6.45) is 7.97. The van der Waals surface area contributed by atoms with Crippen molar-refractivity contribution >= 4 is 5.91 Å². The molecule has 0 aromatic carbocycles. The Morgan fingerprint density at radius 1 is 1.35 bits per heavy atom. The van der Waals surface area contributed by atoms with Crippen molar-refractivity contribution in [2.24, 2.45) is 11.3 Å². The highest BCUT2D eigenvalue weighted by Gasteiger charge is 2.39. The molecule has 2 aliphatic rings. The third-order valence-corrected chi connectivity index (χ3v) is 4.88. The van der Waals surface area contributed by atoms with Crippen molar-refractivity contribution in [3.05, 3.63) is 0 Å².